The lowest BCUT2D eigenvalue weighted by Gasteiger charge is -2.08. The Morgan fingerprint density at radius 1 is 0.900 bits per heavy atom. The predicted molar refractivity (Wildman–Crippen MR) is 112 cm³/mol. The molecule has 0 aliphatic carbocycles. The minimum Gasteiger partial charge on any atom is -0.321 e. The highest BCUT2D eigenvalue weighted by Crippen LogP contribution is 2.18. The van der Waals surface area contributed by atoms with Crippen LogP contribution in [0.1, 0.15) is 16.1 Å². The largest absolute Gasteiger partial charge is 0.321 e. The van der Waals surface area contributed by atoms with Crippen molar-refractivity contribution in [1.29, 1.82) is 0 Å². The molecule has 2 N–H and O–H groups in total. The fourth-order valence-corrected chi connectivity index (χ4v) is 2.86. The van der Waals surface area contributed by atoms with Crippen LogP contribution >= 0.6 is 0 Å². The molecule has 2 aromatic heterocycles. The van der Waals surface area contributed by atoms with Gasteiger partial charge in [0.2, 0.25) is 0 Å². The zero-order chi connectivity index (χ0) is 20.9. The monoisotopic (exact) mass is 399 g/mol. The second-order valence-electron chi connectivity index (χ2n) is 6.54. The van der Waals surface area contributed by atoms with E-state index in [9.17, 15) is 14.4 Å². The van der Waals surface area contributed by atoms with Crippen LogP contribution in [0.15, 0.2) is 88.5 Å². The molecule has 2 heterocycles. The summed E-state index contributed by atoms with van der Waals surface area (Å²) in [6.45, 7) is 0.279. The van der Waals surface area contributed by atoms with Gasteiger partial charge in [-0.2, -0.15) is 10.2 Å². The molecular formula is C22H17N5O3. The Morgan fingerprint density at radius 2 is 1.67 bits per heavy atom. The molecule has 8 heteroatoms. The van der Waals surface area contributed by atoms with Gasteiger partial charge in [0.1, 0.15) is 5.69 Å². The highest BCUT2D eigenvalue weighted by atomic mass is 16.2. The molecule has 0 unspecified atom stereocenters. The molecule has 0 aliphatic heterocycles. The van der Waals surface area contributed by atoms with Gasteiger partial charge < -0.3 is 5.32 Å². The summed E-state index contributed by atoms with van der Waals surface area (Å²) in [6.07, 6.45) is 0. The van der Waals surface area contributed by atoms with E-state index in [-0.39, 0.29) is 23.4 Å². The molecule has 30 heavy (non-hydrogen) atoms. The number of hydrogen-bond donors (Lipinski definition) is 2. The molecule has 0 atom stereocenters. The van der Waals surface area contributed by atoms with Gasteiger partial charge in [-0.15, -0.1) is 0 Å². The van der Waals surface area contributed by atoms with E-state index in [2.05, 4.69) is 20.6 Å². The fraction of sp³-hybridized carbons (Fsp3) is 0.0455. The second kappa shape index (κ2) is 8.36. The van der Waals surface area contributed by atoms with Crippen molar-refractivity contribution >= 4 is 11.6 Å². The van der Waals surface area contributed by atoms with E-state index in [1.165, 1.54) is 22.9 Å². The molecule has 148 valence electrons. The van der Waals surface area contributed by atoms with Crippen LogP contribution in [-0.2, 0) is 6.54 Å². The van der Waals surface area contributed by atoms with E-state index in [4.69, 9.17) is 0 Å². The molecule has 2 aromatic carbocycles. The lowest BCUT2D eigenvalue weighted by atomic mass is 10.1. The molecule has 1 amide bonds. The third-order valence-electron chi connectivity index (χ3n) is 4.39. The van der Waals surface area contributed by atoms with Crippen LogP contribution in [0.4, 0.5) is 5.69 Å². The van der Waals surface area contributed by atoms with Crippen molar-refractivity contribution in [2.75, 3.05) is 5.32 Å². The molecule has 0 spiro atoms. The Morgan fingerprint density at radius 3 is 2.37 bits per heavy atom. The molecule has 0 saturated heterocycles. The van der Waals surface area contributed by atoms with Gasteiger partial charge in [-0.05, 0) is 29.8 Å². The maximum Gasteiger partial charge on any atom is 0.276 e. The molecule has 0 saturated carbocycles. The number of carbonyl (C=O) groups is 1. The maximum atomic E-state index is 12.6. The smallest absolute Gasteiger partial charge is 0.276 e. The summed E-state index contributed by atoms with van der Waals surface area (Å²) in [4.78, 5) is 35.8. The van der Waals surface area contributed by atoms with Gasteiger partial charge in [-0.3, -0.25) is 14.4 Å². The summed E-state index contributed by atoms with van der Waals surface area (Å²) in [7, 11) is 0. The number of nitrogens with zero attached hydrogens (tertiary/aromatic N) is 3. The van der Waals surface area contributed by atoms with Gasteiger partial charge in [0.05, 0.1) is 12.2 Å². The zero-order valence-electron chi connectivity index (χ0n) is 15.8. The van der Waals surface area contributed by atoms with Gasteiger partial charge in [0, 0.05) is 23.4 Å². The van der Waals surface area contributed by atoms with E-state index < -0.39 is 5.91 Å². The third-order valence-corrected chi connectivity index (χ3v) is 4.39. The molecule has 4 aromatic rings. The average Bonchev–Trinajstić information content (AvgIpc) is 2.77. The highest BCUT2D eigenvalue weighted by Gasteiger charge is 2.11. The fourth-order valence-electron chi connectivity index (χ4n) is 2.86. The molecular weight excluding hydrogens is 382 g/mol. The van der Waals surface area contributed by atoms with Crippen LogP contribution < -0.4 is 16.4 Å². The van der Waals surface area contributed by atoms with Crippen molar-refractivity contribution in [3.05, 3.63) is 111 Å². The standard InChI is InChI=1S/C22H17N5O3/c28-20-12-10-18(24-25-20)16-6-8-17(9-7-16)23-22(30)19-11-13-21(29)27(26-19)14-15-4-2-1-3-5-15/h1-13H,14H2,(H,23,30)(H,25,28). The number of aromatic nitrogens is 4. The van der Waals surface area contributed by atoms with Crippen molar-refractivity contribution < 1.29 is 4.79 Å². The van der Waals surface area contributed by atoms with Crippen LogP contribution in [0.5, 0.6) is 0 Å². The third kappa shape index (κ3) is 4.39. The van der Waals surface area contributed by atoms with Crippen molar-refractivity contribution in [2.24, 2.45) is 0 Å². The van der Waals surface area contributed by atoms with Crippen molar-refractivity contribution in [3.8, 4) is 11.3 Å². The number of carbonyl (C=O) groups excluding carboxylic acids is 1. The van der Waals surface area contributed by atoms with Gasteiger partial charge in [0.15, 0.2) is 0 Å². The number of anilines is 1. The zero-order valence-corrected chi connectivity index (χ0v) is 15.8. The van der Waals surface area contributed by atoms with Gasteiger partial charge in [-0.1, -0.05) is 42.5 Å². The first-order chi connectivity index (χ1) is 14.6. The summed E-state index contributed by atoms with van der Waals surface area (Å²) in [5.74, 6) is -0.424. The first-order valence-corrected chi connectivity index (χ1v) is 9.18. The van der Waals surface area contributed by atoms with Crippen LogP contribution in [0, 0.1) is 0 Å². The number of benzene rings is 2. The lowest BCUT2D eigenvalue weighted by molar-refractivity contribution is 0.102. The van der Waals surface area contributed by atoms with E-state index >= 15 is 0 Å². The summed E-state index contributed by atoms with van der Waals surface area (Å²) < 4.78 is 1.26. The Balaban J connectivity index is 1.49. The van der Waals surface area contributed by atoms with Gasteiger partial charge in [0.25, 0.3) is 17.0 Å². The van der Waals surface area contributed by atoms with E-state index in [0.717, 1.165) is 11.1 Å². The summed E-state index contributed by atoms with van der Waals surface area (Å²) in [6, 6.07) is 22.2. The van der Waals surface area contributed by atoms with Gasteiger partial charge in [-0.25, -0.2) is 9.78 Å². The van der Waals surface area contributed by atoms with E-state index in [0.29, 0.717) is 11.4 Å². The van der Waals surface area contributed by atoms with E-state index in [1.807, 2.05) is 30.3 Å². The molecule has 0 bridgehead atoms. The van der Waals surface area contributed by atoms with Crippen molar-refractivity contribution in [1.82, 2.24) is 20.0 Å². The lowest BCUT2D eigenvalue weighted by Crippen LogP contribution is -2.26. The Labute approximate surface area is 170 Å². The SMILES string of the molecule is O=C(Nc1ccc(-c2ccc(=O)[nH]n2)cc1)c1ccc(=O)n(Cc2ccccc2)n1. The van der Waals surface area contributed by atoms with Gasteiger partial charge >= 0.3 is 0 Å². The number of aromatic amines is 1. The van der Waals surface area contributed by atoms with Crippen molar-refractivity contribution in [2.45, 2.75) is 6.54 Å². The van der Waals surface area contributed by atoms with Crippen LogP contribution in [-0.4, -0.2) is 25.9 Å². The maximum absolute atomic E-state index is 12.6. The first-order valence-electron chi connectivity index (χ1n) is 9.18. The number of nitrogens with one attached hydrogen (secondary N) is 2. The van der Waals surface area contributed by atoms with Crippen molar-refractivity contribution in [3.63, 3.8) is 0 Å². The number of H-pyrrole nitrogens is 1. The van der Waals surface area contributed by atoms with Crippen LogP contribution in [0.2, 0.25) is 0 Å². The molecule has 0 radical (unpaired) electrons. The molecule has 4 rings (SSSR count). The molecule has 0 fully saturated rings. The summed E-state index contributed by atoms with van der Waals surface area (Å²) in [5.41, 5.74) is 2.46. The topological polar surface area (TPSA) is 110 Å². The first kappa shape index (κ1) is 19.0. The Hall–Kier alpha value is -4.33. The average molecular weight is 399 g/mol. The normalized spacial score (nSPS) is 10.5. The predicted octanol–water partition coefficient (Wildman–Crippen LogP) is 2.29. The van der Waals surface area contributed by atoms with Crippen LogP contribution in [0.25, 0.3) is 11.3 Å². The Bertz CT molecular complexity index is 1270. The minimum atomic E-state index is -0.424. The number of rotatable bonds is 5. The Kier molecular flexibility index (Phi) is 5.29. The summed E-state index contributed by atoms with van der Waals surface area (Å²) in [5, 5.41) is 13.3. The highest BCUT2D eigenvalue weighted by molar-refractivity contribution is 6.02. The number of amides is 1. The van der Waals surface area contributed by atoms with Crippen LogP contribution in [0.3, 0.4) is 0 Å². The quantitative estimate of drug-likeness (QED) is 0.535. The van der Waals surface area contributed by atoms with E-state index in [1.54, 1.807) is 30.3 Å². The minimum absolute atomic E-state index is 0.136. The number of hydrogen-bond acceptors (Lipinski definition) is 5. The molecule has 0 aliphatic rings. The summed E-state index contributed by atoms with van der Waals surface area (Å²) >= 11 is 0. The molecule has 8 nitrogen and oxygen atoms in total. The second-order valence-corrected chi connectivity index (χ2v) is 6.54.